The molecule has 1 N–H and O–H groups in total. The van der Waals surface area contributed by atoms with Crippen molar-refractivity contribution in [2.24, 2.45) is 5.92 Å². The van der Waals surface area contributed by atoms with Gasteiger partial charge in [-0.15, -0.1) is 0 Å². The predicted octanol–water partition coefficient (Wildman–Crippen LogP) is 3.00. The third kappa shape index (κ3) is 4.02. The predicted molar refractivity (Wildman–Crippen MR) is 84.8 cm³/mol. The molecule has 0 spiro atoms. The first-order chi connectivity index (χ1) is 9.88. The molecule has 1 aromatic carbocycles. The van der Waals surface area contributed by atoms with E-state index in [4.69, 9.17) is 23.2 Å². The summed E-state index contributed by atoms with van der Waals surface area (Å²) < 4.78 is 0. The van der Waals surface area contributed by atoms with Gasteiger partial charge in [0.2, 0.25) is 5.91 Å². The molecular weight excluding hydrogens is 311 g/mol. The van der Waals surface area contributed by atoms with Crippen LogP contribution in [0, 0.1) is 5.92 Å². The molecule has 0 saturated carbocycles. The summed E-state index contributed by atoms with van der Waals surface area (Å²) in [6.45, 7) is 2.29. The molecule has 0 aliphatic carbocycles. The van der Waals surface area contributed by atoms with Gasteiger partial charge in [0, 0.05) is 38.2 Å². The Balaban J connectivity index is 1.95. The highest BCUT2D eigenvalue weighted by molar-refractivity contribution is 6.42. The fourth-order valence-corrected chi connectivity index (χ4v) is 2.99. The Hall–Kier alpha value is -0.970. The lowest BCUT2D eigenvalue weighted by Crippen LogP contribution is -2.39. The molecule has 2 rings (SSSR count). The third-order valence-electron chi connectivity index (χ3n) is 3.89. The Labute approximate surface area is 135 Å². The number of amides is 1. The summed E-state index contributed by atoms with van der Waals surface area (Å²) >= 11 is 11.9. The molecule has 0 bridgehead atoms. The number of phenolic OH excluding ortho intramolecular Hbond substituents is 1. The van der Waals surface area contributed by atoms with E-state index in [1.54, 1.807) is 25.1 Å². The highest BCUT2D eigenvalue weighted by atomic mass is 35.5. The van der Waals surface area contributed by atoms with Crippen LogP contribution in [0.3, 0.4) is 0 Å². The molecule has 1 amide bonds. The molecule has 6 heteroatoms. The molecule has 1 heterocycles. The zero-order valence-corrected chi connectivity index (χ0v) is 13.8. The highest BCUT2D eigenvalue weighted by Gasteiger charge is 2.26. The van der Waals surface area contributed by atoms with Gasteiger partial charge in [0.05, 0.1) is 10.0 Å². The molecule has 21 heavy (non-hydrogen) atoms. The second-order valence-corrected chi connectivity index (χ2v) is 6.49. The van der Waals surface area contributed by atoms with Crippen LogP contribution in [-0.2, 0) is 11.3 Å². The van der Waals surface area contributed by atoms with Crippen LogP contribution in [0.1, 0.15) is 18.4 Å². The van der Waals surface area contributed by atoms with E-state index in [0.29, 0.717) is 16.6 Å². The van der Waals surface area contributed by atoms with Gasteiger partial charge in [-0.05, 0) is 32.0 Å². The molecule has 1 aliphatic rings. The van der Waals surface area contributed by atoms with Crippen molar-refractivity contribution in [3.05, 3.63) is 27.7 Å². The average molecular weight is 331 g/mol. The number of phenols is 1. The number of benzene rings is 1. The Bertz CT molecular complexity index is 527. The number of hydrogen-bond donors (Lipinski definition) is 1. The zero-order chi connectivity index (χ0) is 15.6. The number of halogens is 2. The lowest BCUT2D eigenvalue weighted by Gasteiger charge is -2.32. The molecule has 0 atom stereocenters. The van der Waals surface area contributed by atoms with E-state index in [1.165, 1.54) is 6.07 Å². The van der Waals surface area contributed by atoms with E-state index in [9.17, 15) is 9.90 Å². The van der Waals surface area contributed by atoms with Gasteiger partial charge < -0.3 is 10.0 Å². The number of carbonyl (C=O) groups excluding carboxylic acids is 1. The molecule has 0 unspecified atom stereocenters. The first kappa shape index (κ1) is 16.4. The number of hydrogen-bond acceptors (Lipinski definition) is 3. The number of carbonyl (C=O) groups is 1. The van der Waals surface area contributed by atoms with Gasteiger partial charge >= 0.3 is 0 Å². The summed E-state index contributed by atoms with van der Waals surface area (Å²) in [6.07, 6.45) is 1.69. The van der Waals surface area contributed by atoms with Crippen molar-refractivity contribution in [3.8, 4) is 5.75 Å². The van der Waals surface area contributed by atoms with Gasteiger partial charge in [0.15, 0.2) is 0 Å². The molecule has 4 nitrogen and oxygen atoms in total. The summed E-state index contributed by atoms with van der Waals surface area (Å²) in [5.74, 6) is 0.474. The summed E-state index contributed by atoms with van der Waals surface area (Å²) in [6, 6.07) is 3.18. The lowest BCUT2D eigenvalue weighted by atomic mass is 9.95. The third-order valence-corrected chi connectivity index (χ3v) is 4.62. The van der Waals surface area contributed by atoms with Gasteiger partial charge in [-0.3, -0.25) is 9.69 Å². The van der Waals surface area contributed by atoms with Crippen LogP contribution in [-0.4, -0.2) is 48.0 Å². The first-order valence-electron chi connectivity index (χ1n) is 6.99. The number of aromatic hydroxyl groups is 1. The number of rotatable bonds is 3. The first-order valence-corrected chi connectivity index (χ1v) is 7.74. The minimum Gasteiger partial charge on any atom is -0.508 e. The van der Waals surface area contributed by atoms with Gasteiger partial charge in [-0.25, -0.2) is 0 Å². The highest BCUT2D eigenvalue weighted by Crippen LogP contribution is 2.31. The monoisotopic (exact) mass is 330 g/mol. The lowest BCUT2D eigenvalue weighted by molar-refractivity contribution is -0.134. The zero-order valence-electron chi connectivity index (χ0n) is 12.3. The number of likely N-dealkylation sites (tertiary alicyclic amines) is 1. The van der Waals surface area contributed by atoms with Crippen molar-refractivity contribution in [2.45, 2.75) is 19.4 Å². The van der Waals surface area contributed by atoms with Crippen LogP contribution in [0.25, 0.3) is 0 Å². The van der Waals surface area contributed by atoms with Gasteiger partial charge in [0.1, 0.15) is 5.75 Å². The summed E-state index contributed by atoms with van der Waals surface area (Å²) in [5.41, 5.74) is 0.766. The fourth-order valence-electron chi connectivity index (χ4n) is 2.65. The topological polar surface area (TPSA) is 43.8 Å². The van der Waals surface area contributed by atoms with Crippen molar-refractivity contribution >= 4 is 29.1 Å². The van der Waals surface area contributed by atoms with Crippen molar-refractivity contribution < 1.29 is 9.90 Å². The molecule has 0 aromatic heterocycles. The van der Waals surface area contributed by atoms with Crippen molar-refractivity contribution in [1.29, 1.82) is 0 Å². The van der Waals surface area contributed by atoms with E-state index < -0.39 is 0 Å². The van der Waals surface area contributed by atoms with Crippen LogP contribution in [0.15, 0.2) is 12.1 Å². The average Bonchev–Trinajstić information content (AvgIpc) is 2.44. The van der Waals surface area contributed by atoms with Gasteiger partial charge in [0.25, 0.3) is 0 Å². The SMILES string of the molecule is CN(C)C(=O)C1CCN(Cc2cc(Cl)c(Cl)cc2O)CC1. The van der Waals surface area contributed by atoms with Crippen LogP contribution in [0.4, 0.5) is 0 Å². The number of piperidine rings is 1. The Kier molecular flexibility index (Phi) is 5.36. The van der Waals surface area contributed by atoms with Gasteiger partial charge in [-0.2, -0.15) is 0 Å². The van der Waals surface area contributed by atoms with Crippen LogP contribution < -0.4 is 0 Å². The molecule has 0 radical (unpaired) electrons. The minimum atomic E-state index is 0.110. The maximum absolute atomic E-state index is 11.9. The molecule has 116 valence electrons. The van der Waals surface area contributed by atoms with Gasteiger partial charge in [-0.1, -0.05) is 23.2 Å². The second-order valence-electron chi connectivity index (χ2n) is 5.68. The van der Waals surface area contributed by atoms with Crippen molar-refractivity contribution in [2.75, 3.05) is 27.2 Å². The van der Waals surface area contributed by atoms with Crippen LogP contribution in [0.5, 0.6) is 5.75 Å². The Morgan fingerprint density at radius 3 is 2.43 bits per heavy atom. The maximum atomic E-state index is 11.9. The van der Waals surface area contributed by atoms with E-state index in [1.807, 2.05) is 0 Å². The van der Waals surface area contributed by atoms with E-state index in [-0.39, 0.29) is 17.6 Å². The molecule has 1 fully saturated rings. The summed E-state index contributed by atoms with van der Waals surface area (Å²) in [5, 5.41) is 10.7. The number of nitrogens with zero attached hydrogens (tertiary/aromatic N) is 2. The second kappa shape index (κ2) is 6.86. The quantitative estimate of drug-likeness (QED) is 0.926. The normalized spacial score (nSPS) is 17.0. The molecule has 1 aliphatic heterocycles. The Morgan fingerprint density at radius 2 is 1.86 bits per heavy atom. The Morgan fingerprint density at radius 1 is 1.29 bits per heavy atom. The summed E-state index contributed by atoms with van der Waals surface area (Å²) in [4.78, 5) is 15.8. The maximum Gasteiger partial charge on any atom is 0.225 e. The molecule has 1 aromatic rings. The van der Waals surface area contributed by atoms with E-state index in [0.717, 1.165) is 31.5 Å². The van der Waals surface area contributed by atoms with Crippen LogP contribution >= 0.6 is 23.2 Å². The van der Waals surface area contributed by atoms with Crippen molar-refractivity contribution in [3.63, 3.8) is 0 Å². The smallest absolute Gasteiger partial charge is 0.225 e. The summed E-state index contributed by atoms with van der Waals surface area (Å²) in [7, 11) is 3.59. The van der Waals surface area contributed by atoms with E-state index in [2.05, 4.69) is 4.90 Å². The molecule has 1 saturated heterocycles. The van der Waals surface area contributed by atoms with Crippen molar-refractivity contribution in [1.82, 2.24) is 9.80 Å². The fraction of sp³-hybridized carbons (Fsp3) is 0.533. The van der Waals surface area contributed by atoms with Crippen LogP contribution in [0.2, 0.25) is 10.0 Å². The van der Waals surface area contributed by atoms with E-state index >= 15 is 0 Å². The minimum absolute atomic E-state index is 0.110. The molecular formula is C15H20Cl2N2O2. The largest absolute Gasteiger partial charge is 0.508 e. The standard InChI is InChI=1S/C15H20Cl2N2O2/c1-18(2)15(21)10-3-5-19(6-4-10)9-11-7-12(16)13(17)8-14(11)20/h7-8,10,20H,3-6,9H2,1-2H3.